The molecule has 2 aromatic rings. The highest BCUT2D eigenvalue weighted by Crippen LogP contribution is 2.33. The number of piperazine rings is 1. The van der Waals surface area contributed by atoms with Gasteiger partial charge < -0.3 is 20.4 Å². The lowest BCUT2D eigenvalue weighted by Gasteiger charge is -2.41. The largest absolute Gasteiger partial charge is 0.398 e. The third-order valence-electron chi connectivity index (χ3n) is 6.09. The summed E-state index contributed by atoms with van der Waals surface area (Å²) in [4.78, 5) is 20.4. The minimum Gasteiger partial charge on any atom is -0.398 e. The van der Waals surface area contributed by atoms with Crippen molar-refractivity contribution in [1.82, 2.24) is 9.80 Å². The standard InChI is InChI=1S/C23H30N4O/c1-17-14-19(21(15-20(17)24)26-10-6-7-11-26)23(28)27-13-12-25(2)16-22(27)18-8-4-3-5-9-18/h3-5,8-9,14-15,22H,6-7,10-13,16,24H2,1-2H3/t22-/m1/s1. The van der Waals surface area contributed by atoms with E-state index in [1.54, 1.807) is 0 Å². The van der Waals surface area contributed by atoms with Gasteiger partial charge in [0.25, 0.3) is 5.91 Å². The van der Waals surface area contributed by atoms with Gasteiger partial charge in [0.05, 0.1) is 17.3 Å². The molecule has 2 N–H and O–H groups in total. The Labute approximate surface area is 167 Å². The number of carbonyl (C=O) groups is 1. The lowest BCUT2D eigenvalue weighted by molar-refractivity contribution is 0.0498. The Morgan fingerprint density at radius 2 is 1.75 bits per heavy atom. The van der Waals surface area contributed by atoms with Crippen LogP contribution in [0.2, 0.25) is 0 Å². The zero-order valence-corrected chi connectivity index (χ0v) is 16.9. The molecule has 2 fully saturated rings. The summed E-state index contributed by atoms with van der Waals surface area (Å²) in [7, 11) is 2.13. The number of nitrogen functional groups attached to an aromatic ring is 1. The quantitative estimate of drug-likeness (QED) is 0.833. The number of nitrogens with two attached hydrogens (primary N) is 1. The van der Waals surface area contributed by atoms with Crippen molar-refractivity contribution in [2.75, 3.05) is 50.4 Å². The Hall–Kier alpha value is -2.53. The van der Waals surface area contributed by atoms with E-state index in [1.807, 2.05) is 25.1 Å². The third kappa shape index (κ3) is 3.59. The highest BCUT2D eigenvalue weighted by atomic mass is 16.2. The van der Waals surface area contributed by atoms with Gasteiger partial charge in [-0.25, -0.2) is 0 Å². The van der Waals surface area contributed by atoms with Gasteiger partial charge >= 0.3 is 0 Å². The van der Waals surface area contributed by atoms with Crippen LogP contribution >= 0.6 is 0 Å². The Morgan fingerprint density at radius 3 is 2.46 bits per heavy atom. The van der Waals surface area contributed by atoms with E-state index in [4.69, 9.17) is 5.73 Å². The molecular formula is C23H30N4O. The molecule has 2 aliphatic rings. The summed E-state index contributed by atoms with van der Waals surface area (Å²) >= 11 is 0. The van der Waals surface area contributed by atoms with Gasteiger partial charge in [-0.1, -0.05) is 30.3 Å². The molecule has 2 aromatic carbocycles. The van der Waals surface area contributed by atoms with Gasteiger partial charge in [-0.3, -0.25) is 4.79 Å². The van der Waals surface area contributed by atoms with Gasteiger partial charge in [0.15, 0.2) is 0 Å². The van der Waals surface area contributed by atoms with E-state index in [-0.39, 0.29) is 11.9 Å². The first-order chi connectivity index (χ1) is 13.5. The van der Waals surface area contributed by atoms with Gasteiger partial charge in [-0.05, 0) is 50.1 Å². The van der Waals surface area contributed by atoms with Crippen LogP contribution in [0.3, 0.4) is 0 Å². The average molecular weight is 379 g/mol. The maximum Gasteiger partial charge on any atom is 0.256 e. The Balaban J connectivity index is 1.72. The summed E-state index contributed by atoms with van der Waals surface area (Å²) in [5.74, 6) is 0.118. The molecule has 0 aromatic heterocycles. The molecule has 0 unspecified atom stereocenters. The number of rotatable bonds is 3. The van der Waals surface area contributed by atoms with Crippen molar-refractivity contribution in [2.24, 2.45) is 0 Å². The lowest BCUT2D eigenvalue weighted by atomic mass is 9.99. The van der Waals surface area contributed by atoms with E-state index in [9.17, 15) is 4.79 Å². The molecule has 148 valence electrons. The second kappa shape index (κ2) is 7.84. The number of likely N-dealkylation sites (N-methyl/N-ethyl adjacent to an activating group) is 1. The SMILES string of the molecule is Cc1cc(C(=O)N2CCN(C)C[C@@H]2c2ccccc2)c(N2CCCC2)cc1N. The third-order valence-corrected chi connectivity index (χ3v) is 6.09. The number of hydrogen-bond donors (Lipinski definition) is 1. The second-order valence-electron chi connectivity index (χ2n) is 8.11. The van der Waals surface area contributed by atoms with Crippen LogP contribution in [0.1, 0.15) is 40.4 Å². The summed E-state index contributed by atoms with van der Waals surface area (Å²) < 4.78 is 0. The smallest absolute Gasteiger partial charge is 0.256 e. The highest BCUT2D eigenvalue weighted by Gasteiger charge is 2.33. The maximum absolute atomic E-state index is 13.8. The van der Waals surface area contributed by atoms with Crippen LogP contribution in [0.4, 0.5) is 11.4 Å². The van der Waals surface area contributed by atoms with Crippen molar-refractivity contribution in [3.05, 3.63) is 59.2 Å². The predicted octanol–water partition coefficient (Wildman–Crippen LogP) is 3.31. The molecule has 2 saturated heterocycles. The summed E-state index contributed by atoms with van der Waals surface area (Å²) in [5, 5.41) is 0. The Bertz CT molecular complexity index is 845. The van der Waals surface area contributed by atoms with Gasteiger partial charge in [0.1, 0.15) is 0 Å². The maximum atomic E-state index is 13.8. The molecule has 0 radical (unpaired) electrons. The van der Waals surface area contributed by atoms with Crippen LogP contribution in [-0.4, -0.2) is 55.5 Å². The first-order valence-corrected chi connectivity index (χ1v) is 10.2. The fraction of sp³-hybridized carbons (Fsp3) is 0.435. The lowest BCUT2D eigenvalue weighted by Crippen LogP contribution is -2.49. The number of benzene rings is 2. The zero-order valence-electron chi connectivity index (χ0n) is 16.9. The van der Waals surface area contributed by atoms with Crippen LogP contribution in [0.25, 0.3) is 0 Å². The fourth-order valence-corrected chi connectivity index (χ4v) is 4.38. The average Bonchev–Trinajstić information content (AvgIpc) is 3.24. The van der Waals surface area contributed by atoms with E-state index in [2.05, 4.69) is 46.0 Å². The van der Waals surface area contributed by atoms with Gasteiger partial charge in [-0.2, -0.15) is 0 Å². The van der Waals surface area contributed by atoms with Crippen molar-refractivity contribution in [2.45, 2.75) is 25.8 Å². The van der Waals surface area contributed by atoms with E-state index >= 15 is 0 Å². The van der Waals surface area contributed by atoms with Crippen molar-refractivity contribution in [1.29, 1.82) is 0 Å². The zero-order chi connectivity index (χ0) is 19.7. The Morgan fingerprint density at radius 1 is 1.04 bits per heavy atom. The van der Waals surface area contributed by atoms with Crippen molar-refractivity contribution in [3.63, 3.8) is 0 Å². The minimum atomic E-state index is 0.0664. The molecule has 0 bridgehead atoms. The first-order valence-electron chi connectivity index (χ1n) is 10.2. The molecular weight excluding hydrogens is 348 g/mol. The number of nitrogens with zero attached hydrogens (tertiary/aromatic N) is 3. The van der Waals surface area contributed by atoms with E-state index < -0.39 is 0 Å². The molecule has 2 aliphatic heterocycles. The summed E-state index contributed by atoms with van der Waals surface area (Å²) in [5.41, 5.74) is 10.9. The van der Waals surface area contributed by atoms with Gasteiger partial charge in [0, 0.05) is 38.4 Å². The van der Waals surface area contributed by atoms with E-state index in [1.165, 1.54) is 18.4 Å². The summed E-state index contributed by atoms with van der Waals surface area (Å²) in [6.45, 7) is 6.45. The van der Waals surface area contributed by atoms with Crippen molar-refractivity contribution >= 4 is 17.3 Å². The summed E-state index contributed by atoms with van der Waals surface area (Å²) in [6, 6.07) is 14.4. The topological polar surface area (TPSA) is 52.8 Å². The van der Waals surface area contributed by atoms with Crippen molar-refractivity contribution in [3.8, 4) is 0 Å². The van der Waals surface area contributed by atoms with Crippen molar-refractivity contribution < 1.29 is 4.79 Å². The molecule has 1 atom stereocenters. The van der Waals surface area contributed by atoms with Crippen LogP contribution in [0, 0.1) is 6.92 Å². The molecule has 28 heavy (non-hydrogen) atoms. The number of hydrogen-bond acceptors (Lipinski definition) is 4. The molecule has 5 heteroatoms. The molecule has 2 heterocycles. The van der Waals surface area contributed by atoms with Gasteiger partial charge in [0.2, 0.25) is 0 Å². The van der Waals surface area contributed by atoms with Crippen LogP contribution < -0.4 is 10.6 Å². The first kappa shape index (κ1) is 18.8. The second-order valence-corrected chi connectivity index (χ2v) is 8.11. The number of carbonyl (C=O) groups excluding carboxylic acids is 1. The van der Waals surface area contributed by atoms with E-state index in [0.29, 0.717) is 0 Å². The molecule has 1 amide bonds. The molecule has 0 saturated carbocycles. The molecule has 5 nitrogen and oxygen atoms in total. The van der Waals surface area contributed by atoms with Gasteiger partial charge in [-0.15, -0.1) is 0 Å². The summed E-state index contributed by atoms with van der Waals surface area (Å²) in [6.07, 6.45) is 2.34. The number of amides is 1. The molecule has 0 spiro atoms. The van der Waals surface area contributed by atoms with Crippen LogP contribution in [0.5, 0.6) is 0 Å². The normalized spacial score (nSPS) is 20.6. The number of aryl methyl sites for hydroxylation is 1. The Kier molecular flexibility index (Phi) is 5.27. The highest BCUT2D eigenvalue weighted by molar-refractivity contribution is 6.01. The fourth-order valence-electron chi connectivity index (χ4n) is 4.38. The monoisotopic (exact) mass is 378 g/mol. The van der Waals surface area contributed by atoms with E-state index in [0.717, 1.165) is 55.2 Å². The molecule has 4 rings (SSSR count). The van der Waals surface area contributed by atoms with Crippen LogP contribution in [-0.2, 0) is 0 Å². The van der Waals surface area contributed by atoms with Crippen LogP contribution in [0.15, 0.2) is 42.5 Å². The predicted molar refractivity (Wildman–Crippen MR) is 115 cm³/mol. The molecule has 0 aliphatic carbocycles. The minimum absolute atomic E-state index is 0.0664. The number of anilines is 2.